The lowest BCUT2D eigenvalue weighted by Gasteiger charge is -2.03. The van der Waals surface area contributed by atoms with E-state index in [9.17, 15) is 0 Å². The summed E-state index contributed by atoms with van der Waals surface area (Å²) in [5.41, 5.74) is 0. The summed E-state index contributed by atoms with van der Waals surface area (Å²) < 4.78 is 0. The van der Waals surface area contributed by atoms with Crippen LogP contribution in [-0.4, -0.2) is 35.5 Å². The Labute approximate surface area is 54.7 Å². The van der Waals surface area contributed by atoms with E-state index in [4.69, 9.17) is 10.2 Å². The second kappa shape index (κ2) is 3.15. The van der Waals surface area contributed by atoms with Crippen molar-refractivity contribution in [2.45, 2.75) is 25.0 Å². The Hall–Kier alpha value is -0.120. The molecule has 9 heavy (non-hydrogen) atoms. The smallest absolute Gasteiger partial charge is 0.0665 e. The highest BCUT2D eigenvalue weighted by atomic mass is 16.3. The molecule has 1 rings (SSSR count). The predicted octanol–water partition coefficient (Wildman–Crippen LogP) is -0.908. The fraction of sp³-hybridized carbons (Fsp3) is 1.00. The summed E-state index contributed by atoms with van der Waals surface area (Å²) in [6.07, 6.45) is 0.909. The molecule has 0 radical (unpaired) electrons. The van der Waals surface area contributed by atoms with Gasteiger partial charge in [0.1, 0.15) is 0 Å². The first-order valence-electron chi connectivity index (χ1n) is 3.36. The van der Waals surface area contributed by atoms with E-state index in [1.54, 1.807) is 0 Å². The molecular formula is C6H13NO2. The van der Waals surface area contributed by atoms with Crippen molar-refractivity contribution in [3.05, 3.63) is 0 Å². The summed E-state index contributed by atoms with van der Waals surface area (Å²) in [4.78, 5) is 0. The third-order valence-electron chi connectivity index (χ3n) is 1.59. The third-order valence-corrected chi connectivity index (χ3v) is 1.59. The van der Waals surface area contributed by atoms with E-state index >= 15 is 0 Å². The van der Waals surface area contributed by atoms with Crippen molar-refractivity contribution < 1.29 is 10.2 Å². The molecule has 1 saturated heterocycles. The minimum atomic E-state index is -0.262. The Balaban J connectivity index is 2.25. The number of aliphatic hydroxyl groups is 2. The van der Waals surface area contributed by atoms with Crippen molar-refractivity contribution in [1.29, 1.82) is 0 Å². The van der Waals surface area contributed by atoms with Crippen molar-refractivity contribution >= 4 is 0 Å². The topological polar surface area (TPSA) is 52.5 Å². The molecule has 0 spiro atoms. The van der Waals surface area contributed by atoms with E-state index in [1.165, 1.54) is 0 Å². The summed E-state index contributed by atoms with van der Waals surface area (Å²) in [5, 5.41) is 21.0. The van der Waals surface area contributed by atoms with Gasteiger partial charge < -0.3 is 15.5 Å². The lowest BCUT2D eigenvalue weighted by Crippen LogP contribution is -2.27. The minimum absolute atomic E-state index is 0.262. The molecule has 0 aliphatic carbocycles. The molecule has 1 aliphatic heterocycles. The van der Waals surface area contributed by atoms with E-state index in [1.807, 2.05) is 0 Å². The zero-order valence-corrected chi connectivity index (χ0v) is 5.38. The summed E-state index contributed by atoms with van der Waals surface area (Å²) in [6.45, 7) is 1.24. The maximum absolute atomic E-state index is 9.03. The number of β-amino-alcohol motifs (C(OH)–C–C–N with tert-alkyl or cyclic N) is 2. The van der Waals surface area contributed by atoms with Crippen molar-refractivity contribution in [3.63, 3.8) is 0 Å². The minimum Gasteiger partial charge on any atom is -0.392 e. The Bertz CT molecular complexity index is 77.1. The average Bonchev–Trinajstić information content (AvgIpc) is 1.97. The summed E-state index contributed by atoms with van der Waals surface area (Å²) in [6, 6.07) is 0. The molecule has 54 valence electrons. The lowest BCUT2D eigenvalue weighted by molar-refractivity contribution is 0.144. The van der Waals surface area contributed by atoms with Crippen LogP contribution in [0, 0.1) is 0 Å². The van der Waals surface area contributed by atoms with Gasteiger partial charge in [0, 0.05) is 13.1 Å². The fourth-order valence-electron chi connectivity index (χ4n) is 1.01. The van der Waals surface area contributed by atoms with E-state index in [-0.39, 0.29) is 12.2 Å². The molecule has 1 aliphatic rings. The number of hydrogen-bond donors (Lipinski definition) is 3. The molecule has 1 heterocycles. The molecule has 3 nitrogen and oxygen atoms in total. The van der Waals surface area contributed by atoms with Crippen LogP contribution in [0.15, 0.2) is 0 Å². The maximum Gasteiger partial charge on any atom is 0.0665 e. The van der Waals surface area contributed by atoms with Gasteiger partial charge in [-0.15, -0.1) is 0 Å². The van der Waals surface area contributed by atoms with Gasteiger partial charge in [0.15, 0.2) is 0 Å². The molecule has 0 aromatic rings. The van der Waals surface area contributed by atoms with Crippen molar-refractivity contribution in [2.75, 3.05) is 13.1 Å². The SMILES string of the molecule is O[C@@H]1CC[C@@H](O)CNC1. The van der Waals surface area contributed by atoms with Gasteiger partial charge in [0.05, 0.1) is 12.2 Å². The zero-order valence-electron chi connectivity index (χ0n) is 5.38. The fourth-order valence-corrected chi connectivity index (χ4v) is 1.01. The zero-order chi connectivity index (χ0) is 6.69. The third kappa shape index (κ3) is 2.30. The van der Waals surface area contributed by atoms with Crippen LogP contribution in [0.1, 0.15) is 12.8 Å². The Morgan fingerprint density at radius 3 is 1.89 bits per heavy atom. The maximum atomic E-state index is 9.03. The van der Waals surface area contributed by atoms with E-state index in [2.05, 4.69) is 5.32 Å². The van der Waals surface area contributed by atoms with Crippen LogP contribution in [0.4, 0.5) is 0 Å². The molecule has 0 unspecified atom stereocenters. The van der Waals surface area contributed by atoms with E-state index in [0.29, 0.717) is 25.9 Å². The standard InChI is InChI=1S/C6H13NO2/c8-5-1-2-6(9)4-7-3-5/h5-9H,1-4H2/t5-,6-/m1/s1. The van der Waals surface area contributed by atoms with Gasteiger partial charge in [-0.25, -0.2) is 0 Å². The molecular weight excluding hydrogens is 118 g/mol. The monoisotopic (exact) mass is 131 g/mol. The molecule has 1 fully saturated rings. The molecule has 0 bridgehead atoms. The molecule has 0 aromatic carbocycles. The van der Waals surface area contributed by atoms with Gasteiger partial charge in [-0.3, -0.25) is 0 Å². The average molecular weight is 131 g/mol. The van der Waals surface area contributed by atoms with E-state index in [0.717, 1.165) is 0 Å². The largest absolute Gasteiger partial charge is 0.392 e. The van der Waals surface area contributed by atoms with Crippen molar-refractivity contribution in [3.8, 4) is 0 Å². The summed E-state index contributed by atoms with van der Waals surface area (Å²) in [5.74, 6) is 0. The predicted molar refractivity (Wildman–Crippen MR) is 34.1 cm³/mol. The Kier molecular flexibility index (Phi) is 2.45. The van der Waals surface area contributed by atoms with E-state index < -0.39 is 0 Å². The highest BCUT2D eigenvalue weighted by Crippen LogP contribution is 2.03. The van der Waals surface area contributed by atoms with Gasteiger partial charge in [0.2, 0.25) is 0 Å². The van der Waals surface area contributed by atoms with Crippen molar-refractivity contribution in [2.24, 2.45) is 0 Å². The number of rotatable bonds is 0. The van der Waals surface area contributed by atoms with Crippen LogP contribution >= 0.6 is 0 Å². The van der Waals surface area contributed by atoms with Crippen LogP contribution in [0.2, 0.25) is 0 Å². The van der Waals surface area contributed by atoms with Crippen LogP contribution in [-0.2, 0) is 0 Å². The van der Waals surface area contributed by atoms with Gasteiger partial charge in [-0.2, -0.15) is 0 Å². The number of hydrogen-bond acceptors (Lipinski definition) is 3. The summed E-state index contributed by atoms with van der Waals surface area (Å²) in [7, 11) is 0. The summed E-state index contributed by atoms with van der Waals surface area (Å²) >= 11 is 0. The second-order valence-electron chi connectivity index (χ2n) is 2.54. The molecule has 3 heteroatoms. The highest BCUT2D eigenvalue weighted by molar-refractivity contribution is 4.70. The Morgan fingerprint density at radius 1 is 1.00 bits per heavy atom. The molecule has 0 saturated carbocycles. The second-order valence-corrected chi connectivity index (χ2v) is 2.54. The first-order valence-corrected chi connectivity index (χ1v) is 3.36. The number of aliphatic hydroxyl groups excluding tert-OH is 2. The van der Waals surface area contributed by atoms with Gasteiger partial charge in [-0.1, -0.05) is 0 Å². The van der Waals surface area contributed by atoms with Gasteiger partial charge in [0.25, 0.3) is 0 Å². The van der Waals surface area contributed by atoms with Crippen LogP contribution < -0.4 is 5.32 Å². The first kappa shape index (κ1) is 6.99. The quantitative estimate of drug-likeness (QED) is 0.399. The lowest BCUT2D eigenvalue weighted by atomic mass is 10.1. The van der Waals surface area contributed by atoms with Crippen LogP contribution in [0.25, 0.3) is 0 Å². The Morgan fingerprint density at radius 2 is 1.44 bits per heavy atom. The normalized spacial score (nSPS) is 38.0. The molecule has 3 N–H and O–H groups in total. The molecule has 0 amide bonds. The van der Waals surface area contributed by atoms with Crippen LogP contribution in [0.5, 0.6) is 0 Å². The number of nitrogens with one attached hydrogen (secondary N) is 1. The molecule has 2 atom stereocenters. The van der Waals surface area contributed by atoms with Crippen molar-refractivity contribution in [1.82, 2.24) is 5.32 Å². The first-order chi connectivity index (χ1) is 4.29. The molecule has 0 aromatic heterocycles. The van der Waals surface area contributed by atoms with Gasteiger partial charge >= 0.3 is 0 Å². The van der Waals surface area contributed by atoms with Crippen LogP contribution in [0.3, 0.4) is 0 Å². The highest BCUT2D eigenvalue weighted by Gasteiger charge is 2.13. The van der Waals surface area contributed by atoms with Gasteiger partial charge in [-0.05, 0) is 12.8 Å².